The van der Waals surface area contributed by atoms with Gasteiger partial charge in [0.05, 0.1) is 5.92 Å². The molecule has 0 aliphatic heterocycles. The lowest BCUT2D eigenvalue weighted by atomic mass is 9.99. The predicted octanol–water partition coefficient (Wildman–Crippen LogP) is 3.40. The molecule has 0 saturated heterocycles. The Bertz CT molecular complexity index is 761. The van der Waals surface area contributed by atoms with Crippen LogP contribution in [0.5, 0.6) is 5.75 Å². The minimum atomic E-state index is -3.08. The first kappa shape index (κ1) is 18.8. The summed E-state index contributed by atoms with van der Waals surface area (Å²) in [6, 6.07) is 6.15. The molecular weight excluding hydrogens is 359 g/mol. The van der Waals surface area contributed by atoms with Crippen LogP contribution in [0.1, 0.15) is 26.0 Å². The molecule has 9 heteroatoms. The van der Waals surface area contributed by atoms with Crippen molar-refractivity contribution < 1.29 is 32.6 Å². The minimum absolute atomic E-state index is 0.0685. The molecule has 1 atom stereocenters. The Kier molecular flexibility index (Phi) is 6.02. The van der Waals surface area contributed by atoms with Crippen molar-refractivity contribution in [3.8, 4) is 5.75 Å². The SMILES string of the molecule is Cc1cc(OC(F)F)c(C(=O)NCC(C(=O)O)c2ccc(F)cc2)s1. The molecule has 0 aliphatic carbocycles. The van der Waals surface area contributed by atoms with Gasteiger partial charge in [-0.05, 0) is 30.7 Å². The van der Waals surface area contributed by atoms with Crippen LogP contribution < -0.4 is 10.1 Å². The highest BCUT2D eigenvalue weighted by atomic mass is 32.1. The lowest BCUT2D eigenvalue weighted by molar-refractivity contribution is -0.138. The third-order valence-electron chi connectivity index (χ3n) is 3.28. The summed E-state index contributed by atoms with van der Waals surface area (Å²) in [7, 11) is 0. The van der Waals surface area contributed by atoms with E-state index in [1.54, 1.807) is 6.92 Å². The highest BCUT2D eigenvalue weighted by Crippen LogP contribution is 2.30. The van der Waals surface area contributed by atoms with Gasteiger partial charge in [-0.2, -0.15) is 8.78 Å². The zero-order valence-corrected chi connectivity index (χ0v) is 13.8. The number of rotatable bonds is 7. The molecule has 2 rings (SSSR count). The molecule has 25 heavy (non-hydrogen) atoms. The van der Waals surface area contributed by atoms with Crippen LogP contribution in [0.2, 0.25) is 0 Å². The molecule has 0 bridgehead atoms. The van der Waals surface area contributed by atoms with Crippen LogP contribution in [0.3, 0.4) is 0 Å². The number of aliphatic carboxylic acids is 1. The molecule has 0 spiro atoms. The van der Waals surface area contributed by atoms with Gasteiger partial charge in [-0.1, -0.05) is 12.1 Å². The predicted molar refractivity (Wildman–Crippen MR) is 84.8 cm³/mol. The summed E-state index contributed by atoms with van der Waals surface area (Å²) < 4.78 is 42.0. The van der Waals surface area contributed by atoms with Crippen molar-refractivity contribution in [3.63, 3.8) is 0 Å². The summed E-state index contributed by atoms with van der Waals surface area (Å²) in [5.74, 6) is -3.81. The largest absolute Gasteiger partial charge is 0.481 e. The van der Waals surface area contributed by atoms with Gasteiger partial charge in [0.25, 0.3) is 5.91 Å². The summed E-state index contributed by atoms with van der Waals surface area (Å²) in [5, 5.41) is 11.7. The molecule has 0 fully saturated rings. The minimum Gasteiger partial charge on any atom is -0.481 e. The average Bonchev–Trinajstić information content (AvgIpc) is 2.88. The standard InChI is InChI=1S/C16H14F3NO4S/c1-8-6-12(24-16(18)19)13(25-8)14(21)20-7-11(15(22)23)9-2-4-10(17)5-3-9/h2-6,11,16H,7H2,1H3,(H,20,21)(H,22,23). The van der Waals surface area contributed by atoms with Gasteiger partial charge in [0.2, 0.25) is 0 Å². The van der Waals surface area contributed by atoms with Crippen LogP contribution in [0, 0.1) is 12.7 Å². The number of hydrogen-bond donors (Lipinski definition) is 2. The quantitative estimate of drug-likeness (QED) is 0.780. The molecule has 0 radical (unpaired) electrons. The van der Waals surface area contributed by atoms with Crippen molar-refractivity contribution >= 4 is 23.2 Å². The first-order valence-corrected chi connectivity index (χ1v) is 7.91. The van der Waals surface area contributed by atoms with Gasteiger partial charge in [0.1, 0.15) is 16.4 Å². The monoisotopic (exact) mass is 373 g/mol. The second-order valence-corrected chi connectivity index (χ2v) is 6.34. The summed E-state index contributed by atoms with van der Waals surface area (Å²) in [6.07, 6.45) is 0. The van der Waals surface area contributed by atoms with Gasteiger partial charge >= 0.3 is 12.6 Å². The van der Waals surface area contributed by atoms with Gasteiger partial charge in [-0.25, -0.2) is 4.39 Å². The lowest BCUT2D eigenvalue weighted by Gasteiger charge is -2.14. The molecule has 1 heterocycles. The van der Waals surface area contributed by atoms with Crippen molar-refractivity contribution in [2.24, 2.45) is 0 Å². The average molecular weight is 373 g/mol. The van der Waals surface area contributed by atoms with Crippen LogP contribution in [0.25, 0.3) is 0 Å². The number of aryl methyl sites for hydroxylation is 1. The maximum absolute atomic E-state index is 12.9. The zero-order chi connectivity index (χ0) is 18.6. The van der Waals surface area contributed by atoms with Crippen molar-refractivity contribution in [2.75, 3.05) is 6.54 Å². The van der Waals surface area contributed by atoms with E-state index >= 15 is 0 Å². The van der Waals surface area contributed by atoms with Gasteiger partial charge in [0, 0.05) is 11.4 Å². The van der Waals surface area contributed by atoms with E-state index in [2.05, 4.69) is 10.1 Å². The molecule has 0 saturated carbocycles. The fourth-order valence-electron chi connectivity index (χ4n) is 2.15. The summed E-state index contributed by atoms with van der Waals surface area (Å²) >= 11 is 0.955. The van der Waals surface area contributed by atoms with Gasteiger partial charge < -0.3 is 15.2 Å². The topological polar surface area (TPSA) is 75.6 Å². The number of carbonyl (C=O) groups excluding carboxylic acids is 1. The fourth-order valence-corrected chi connectivity index (χ4v) is 3.01. The van der Waals surface area contributed by atoms with Crippen LogP contribution >= 0.6 is 11.3 Å². The van der Waals surface area contributed by atoms with Crippen LogP contribution in [0.15, 0.2) is 30.3 Å². The van der Waals surface area contributed by atoms with Crippen LogP contribution in [-0.4, -0.2) is 30.1 Å². The molecule has 5 nitrogen and oxygen atoms in total. The first-order chi connectivity index (χ1) is 11.8. The van der Waals surface area contributed by atoms with E-state index in [0.29, 0.717) is 10.4 Å². The Hall–Kier alpha value is -2.55. The maximum atomic E-state index is 12.9. The Labute approximate surface area is 145 Å². The third kappa shape index (κ3) is 4.96. The number of alkyl halides is 2. The second-order valence-electron chi connectivity index (χ2n) is 5.08. The molecule has 1 unspecified atom stereocenters. The Balaban J connectivity index is 2.11. The Morgan fingerprint density at radius 2 is 1.92 bits per heavy atom. The van der Waals surface area contributed by atoms with Crippen LogP contribution in [-0.2, 0) is 4.79 Å². The lowest BCUT2D eigenvalue weighted by Crippen LogP contribution is -2.31. The fraction of sp³-hybridized carbons (Fsp3) is 0.250. The van der Waals surface area contributed by atoms with Crippen molar-refractivity contribution in [3.05, 3.63) is 51.5 Å². The highest BCUT2D eigenvalue weighted by molar-refractivity contribution is 7.14. The summed E-state index contributed by atoms with van der Waals surface area (Å²) in [6.45, 7) is -1.74. The molecular formula is C16H14F3NO4S. The van der Waals surface area contributed by atoms with Gasteiger partial charge in [0.15, 0.2) is 0 Å². The van der Waals surface area contributed by atoms with E-state index in [4.69, 9.17) is 0 Å². The number of halogens is 3. The number of carbonyl (C=O) groups is 2. The Morgan fingerprint density at radius 1 is 1.28 bits per heavy atom. The number of ether oxygens (including phenoxy) is 1. The number of hydrogen-bond acceptors (Lipinski definition) is 4. The Morgan fingerprint density at radius 3 is 2.48 bits per heavy atom. The van der Waals surface area contributed by atoms with E-state index in [-0.39, 0.29) is 17.2 Å². The zero-order valence-electron chi connectivity index (χ0n) is 13.0. The number of amides is 1. The summed E-state index contributed by atoms with van der Waals surface area (Å²) in [5.41, 5.74) is 0.306. The second kappa shape index (κ2) is 8.02. The molecule has 0 aliphatic rings. The van der Waals surface area contributed by atoms with E-state index < -0.39 is 30.2 Å². The van der Waals surface area contributed by atoms with Crippen molar-refractivity contribution in [2.45, 2.75) is 19.5 Å². The normalized spacial score (nSPS) is 12.0. The summed E-state index contributed by atoms with van der Waals surface area (Å²) in [4.78, 5) is 24.1. The van der Waals surface area contributed by atoms with Gasteiger partial charge in [-0.3, -0.25) is 9.59 Å². The number of thiophene rings is 1. The first-order valence-electron chi connectivity index (χ1n) is 7.09. The van der Waals surface area contributed by atoms with Crippen molar-refractivity contribution in [1.29, 1.82) is 0 Å². The number of carboxylic acids is 1. The highest BCUT2D eigenvalue weighted by Gasteiger charge is 2.24. The smallest absolute Gasteiger partial charge is 0.387 e. The third-order valence-corrected chi connectivity index (χ3v) is 4.31. The molecule has 1 aromatic heterocycles. The number of nitrogens with one attached hydrogen (secondary N) is 1. The molecule has 1 aromatic carbocycles. The molecule has 1 amide bonds. The number of benzene rings is 1. The molecule has 2 aromatic rings. The maximum Gasteiger partial charge on any atom is 0.387 e. The number of carboxylic acid groups (broad SMARTS) is 1. The van der Waals surface area contributed by atoms with E-state index in [9.17, 15) is 27.9 Å². The molecule has 2 N–H and O–H groups in total. The van der Waals surface area contributed by atoms with E-state index in [1.807, 2.05) is 0 Å². The van der Waals surface area contributed by atoms with Crippen LogP contribution in [0.4, 0.5) is 13.2 Å². The van der Waals surface area contributed by atoms with E-state index in [1.165, 1.54) is 18.2 Å². The van der Waals surface area contributed by atoms with Crippen molar-refractivity contribution in [1.82, 2.24) is 5.32 Å². The van der Waals surface area contributed by atoms with Gasteiger partial charge in [-0.15, -0.1) is 11.3 Å². The molecule has 134 valence electrons. The van der Waals surface area contributed by atoms with E-state index in [0.717, 1.165) is 23.5 Å².